The van der Waals surface area contributed by atoms with Crippen molar-refractivity contribution in [1.29, 1.82) is 0 Å². The average molecular weight is 293 g/mol. The van der Waals surface area contributed by atoms with Gasteiger partial charge in [0.25, 0.3) is 0 Å². The number of nitrogens with one attached hydrogen (secondary N) is 1. The highest BCUT2D eigenvalue weighted by Crippen LogP contribution is 2.23. The number of rotatable bonds is 4. The zero-order valence-corrected chi connectivity index (χ0v) is 10.9. The molecule has 1 aromatic heterocycles. The monoisotopic (exact) mass is 292 g/mol. The first-order chi connectivity index (χ1) is 8.33. The van der Waals surface area contributed by atoms with Gasteiger partial charge in [0.15, 0.2) is 0 Å². The van der Waals surface area contributed by atoms with Crippen LogP contribution in [0.3, 0.4) is 0 Å². The summed E-state index contributed by atoms with van der Waals surface area (Å²) in [4.78, 5) is 3.99. The van der Waals surface area contributed by atoms with E-state index in [2.05, 4.69) is 43.5 Å². The zero-order valence-electron chi connectivity index (χ0n) is 9.31. The van der Waals surface area contributed by atoms with E-state index in [0.717, 1.165) is 16.7 Å². The second-order valence-corrected chi connectivity index (χ2v) is 5.18. The van der Waals surface area contributed by atoms with E-state index in [1.165, 1.54) is 18.4 Å². The molecule has 1 aromatic carbocycles. The Morgan fingerprint density at radius 2 is 2.29 bits per heavy atom. The first kappa shape index (κ1) is 10.9. The summed E-state index contributed by atoms with van der Waals surface area (Å²) in [5.41, 5.74) is 2.32. The molecule has 5 heteroatoms. The number of benzene rings is 1. The Kier molecular flexibility index (Phi) is 2.94. The van der Waals surface area contributed by atoms with Crippen LogP contribution < -0.4 is 5.32 Å². The van der Waals surface area contributed by atoms with Crippen molar-refractivity contribution in [2.24, 2.45) is 0 Å². The fourth-order valence-corrected chi connectivity index (χ4v) is 2.20. The maximum atomic E-state index is 4.18. The molecule has 0 bridgehead atoms. The molecule has 1 aliphatic carbocycles. The molecule has 4 nitrogen and oxygen atoms in total. The van der Waals surface area contributed by atoms with Crippen molar-refractivity contribution in [3.05, 3.63) is 40.9 Å². The topological polar surface area (TPSA) is 42.7 Å². The lowest BCUT2D eigenvalue weighted by atomic mass is 10.2. The summed E-state index contributed by atoms with van der Waals surface area (Å²) >= 11 is 3.51. The Morgan fingerprint density at radius 1 is 1.41 bits per heavy atom. The summed E-state index contributed by atoms with van der Waals surface area (Å²) in [5.74, 6) is 0. The van der Waals surface area contributed by atoms with Crippen molar-refractivity contribution in [2.45, 2.75) is 25.4 Å². The molecule has 0 radical (unpaired) electrons. The lowest BCUT2D eigenvalue weighted by Gasteiger charge is -2.10. The van der Waals surface area contributed by atoms with Gasteiger partial charge in [-0.2, -0.15) is 5.10 Å². The molecule has 1 fully saturated rings. The standard InChI is InChI=1S/C12H13BrN4/c13-10-1-4-12(17-8-14-7-16-17)9(5-10)6-15-11-2-3-11/h1,4-5,7-8,11,15H,2-3,6H2. The zero-order chi connectivity index (χ0) is 11.7. The highest BCUT2D eigenvalue weighted by atomic mass is 79.9. The Balaban J connectivity index is 1.89. The summed E-state index contributed by atoms with van der Waals surface area (Å²) in [6, 6.07) is 6.92. The molecule has 0 unspecified atom stereocenters. The van der Waals surface area contributed by atoms with E-state index in [4.69, 9.17) is 0 Å². The molecule has 0 amide bonds. The number of halogens is 1. The van der Waals surface area contributed by atoms with Gasteiger partial charge >= 0.3 is 0 Å². The molecule has 0 atom stereocenters. The van der Waals surface area contributed by atoms with Gasteiger partial charge in [0.05, 0.1) is 5.69 Å². The van der Waals surface area contributed by atoms with Crippen molar-refractivity contribution in [1.82, 2.24) is 20.1 Å². The Labute approximate surface area is 108 Å². The predicted octanol–water partition coefficient (Wildman–Crippen LogP) is 2.28. The second kappa shape index (κ2) is 4.58. The van der Waals surface area contributed by atoms with Crippen LogP contribution in [0.25, 0.3) is 5.69 Å². The van der Waals surface area contributed by atoms with Gasteiger partial charge in [-0.15, -0.1) is 0 Å². The molecule has 0 spiro atoms. The van der Waals surface area contributed by atoms with E-state index >= 15 is 0 Å². The summed E-state index contributed by atoms with van der Waals surface area (Å²) in [7, 11) is 0. The highest BCUT2D eigenvalue weighted by molar-refractivity contribution is 9.10. The molecule has 3 rings (SSSR count). The fraction of sp³-hybridized carbons (Fsp3) is 0.333. The first-order valence-electron chi connectivity index (χ1n) is 5.70. The van der Waals surface area contributed by atoms with Crippen LogP contribution in [0.2, 0.25) is 0 Å². The normalized spacial score (nSPS) is 15.1. The van der Waals surface area contributed by atoms with Gasteiger partial charge in [0, 0.05) is 17.1 Å². The van der Waals surface area contributed by atoms with Crippen LogP contribution in [-0.4, -0.2) is 20.8 Å². The summed E-state index contributed by atoms with van der Waals surface area (Å²) < 4.78 is 2.89. The van der Waals surface area contributed by atoms with Gasteiger partial charge in [0.2, 0.25) is 0 Å². The van der Waals surface area contributed by atoms with Crippen molar-refractivity contribution >= 4 is 15.9 Å². The highest BCUT2D eigenvalue weighted by Gasteiger charge is 2.20. The molecule has 2 aromatic rings. The SMILES string of the molecule is Brc1ccc(-n2cncn2)c(CNC2CC2)c1. The van der Waals surface area contributed by atoms with Gasteiger partial charge in [0.1, 0.15) is 12.7 Å². The lowest BCUT2D eigenvalue weighted by molar-refractivity contribution is 0.681. The quantitative estimate of drug-likeness (QED) is 0.940. The molecule has 1 heterocycles. The maximum absolute atomic E-state index is 4.18. The molecular weight excluding hydrogens is 280 g/mol. The van der Waals surface area contributed by atoms with Crippen LogP contribution in [0.4, 0.5) is 0 Å². The largest absolute Gasteiger partial charge is 0.310 e. The van der Waals surface area contributed by atoms with Crippen LogP contribution >= 0.6 is 15.9 Å². The minimum atomic E-state index is 0.706. The maximum Gasteiger partial charge on any atom is 0.138 e. The third-order valence-electron chi connectivity index (χ3n) is 2.87. The van der Waals surface area contributed by atoms with Gasteiger partial charge in [-0.25, -0.2) is 9.67 Å². The van der Waals surface area contributed by atoms with E-state index in [0.29, 0.717) is 6.04 Å². The summed E-state index contributed by atoms with van der Waals surface area (Å²) in [5, 5.41) is 7.70. The molecule has 88 valence electrons. The van der Waals surface area contributed by atoms with Crippen LogP contribution in [0.5, 0.6) is 0 Å². The molecule has 1 aliphatic rings. The van der Waals surface area contributed by atoms with Crippen LogP contribution in [0.1, 0.15) is 18.4 Å². The Morgan fingerprint density at radius 3 is 3.00 bits per heavy atom. The molecule has 0 aliphatic heterocycles. The molecule has 17 heavy (non-hydrogen) atoms. The van der Waals surface area contributed by atoms with E-state index in [9.17, 15) is 0 Å². The second-order valence-electron chi connectivity index (χ2n) is 4.27. The van der Waals surface area contributed by atoms with Crippen molar-refractivity contribution in [3.63, 3.8) is 0 Å². The Hall–Kier alpha value is -1.20. The number of hydrogen-bond donors (Lipinski definition) is 1. The number of aromatic nitrogens is 3. The van der Waals surface area contributed by atoms with Gasteiger partial charge < -0.3 is 5.32 Å². The third kappa shape index (κ3) is 2.56. The molecular formula is C12H13BrN4. The number of nitrogens with zero attached hydrogens (tertiary/aromatic N) is 3. The summed E-state index contributed by atoms with van der Waals surface area (Å²) in [6.07, 6.45) is 5.88. The summed E-state index contributed by atoms with van der Waals surface area (Å²) in [6.45, 7) is 0.874. The minimum absolute atomic E-state index is 0.706. The van der Waals surface area contributed by atoms with E-state index in [1.807, 2.05) is 6.07 Å². The van der Waals surface area contributed by atoms with E-state index < -0.39 is 0 Å². The van der Waals surface area contributed by atoms with Gasteiger partial charge in [-0.3, -0.25) is 0 Å². The van der Waals surface area contributed by atoms with Gasteiger partial charge in [-0.05, 0) is 36.6 Å². The average Bonchev–Trinajstić information content (AvgIpc) is 3.00. The van der Waals surface area contributed by atoms with Gasteiger partial charge in [-0.1, -0.05) is 15.9 Å². The van der Waals surface area contributed by atoms with Crippen LogP contribution in [-0.2, 0) is 6.54 Å². The minimum Gasteiger partial charge on any atom is -0.310 e. The Bertz CT molecular complexity index is 505. The molecule has 1 N–H and O–H groups in total. The van der Waals surface area contributed by atoms with Crippen LogP contribution in [0, 0.1) is 0 Å². The van der Waals surface area contributed by atoms with E-state index in [-0.39, 0.29) is 0 Å². The first-order valence-corrected chi connectivity index (χ1v) is 6.49. The smallest absolute Gasteiger partial charge is 0.138 e. The van der Waals surface area contributed by atoms with Crippen molar-refractivity contribution < 1.29 is 0 Å². The van der Waals surface area contributed by atoms with E-state index in [1.54, 1.807) is 17.3 Å². The van der Waals surface area contributed by atoms with Crippen LogP contribution in [0.15, 0.2) is 35.3 Å². The fourth-order valence-electron chi connectivity index (χ4n) is 1.79. The molecule has 1 saturated carbocycles. The predicted molar refractivity (Wildman–Crippen MR) is 68.9 cm³/mol. The lowest BCUT2D eigenvalue weighted by Crippen LogP contribution is -2.17. The molecule has 0 saturated heterocycles. The number of hydrogen-bond acceptors (Lipinski definition) is 3. The van der Waals surface area contributed by atoms with Crippen molar-refractivity contribution in [2.75, 3.05) is 0 Å². The third-order valence-corrected chi connectivity index (χ3v) is 3.36. The van der Waals surface area contributed by atoms with Crippen molar-refractivity contribution in [3.8, 4) is 5.69 Å².